The van der Waals surface area contributed by atoms with Crippen LogP contribution in [0.4, 0.5) is 0 Å². The van der Waals surface area contributed by atoms with Crippen LogP contribution in [0.25, 0.3) is 11.4 Å². The molecule has 0 radical (unpaired) electrons. The van der Waals surface area contributed by atoms with E-state index < -0.39 is 0 Å². The molecule has 0 bridgehead atoms. The number of benzene rings is 3. The standard InChI is InChI=1S/C28H27N3O3/c1-19-8-9-20(2)23(16-19)17-31-25(14-15-26(31)32)28-29-27(30-34-28)22-10-12-24(13-11-22)33-18-21-6-4-3-5-7-21/h3-13,16,25H,14-15,17-18H2,1-2H3. The van der Waals surface area contributed by atoms with E-state index in [9.17, 15) is 4.79 Å². The van der Waals surface area contributed by atoms with Crippen molar-refractivity contribution in [3.63, 3.8) is 0 Å². The molecule has 4 aromatic rings. The Kier molecular flexibility index (Phi) is 6.12. The van der Waals surface area contributed by atoms with Crippen molar-refractivity contribution >= 4 is 5.91 Å². The van der Waals surface area contributed by atoms with Crippen molar-refractivity contribution in [3.8, 4) is 17.1 Å². The lowest BCUT2D eigenvalue weighted by Gasteiger charge is -2.23. The molecule has 0 N–H and O–H groups in total. The van der Waals surface area contributed by atoms with E-state index in [1.165, 1.54) is 11.1 Å². The Morgan fingerprint density at radius 2 is 1.82 bits per heavy atom. The average molecular weight is 454 g/mol. The van der Waals surface area contributed by atoms with Gasteiger partial charge >= 0.3 is 0 Å². The van der Waals surface area contributed by atoms with Crippen LogP contribution < -0.4 is 4.74 Å². The number of hydrogen-bond donors (Lipinski definition) is 0. The topological polar surface area (TPSA) is 68.5 Å². The Morgan fingerprint density at radius 3 is 2.62 bits per heavy atom. The maximum absolute atomic E-state index is 12.7. The molecule has 1 aliphatic rings. The first kappa shape index (κ1) is 21.9. The normalized spacial score (nSPS) is 15.6. The number of nitrogens with zero attached hydrogens (tertiary/aromatic N) is 3. The van der Waals surface area contributed by atoms with Crippen LogP contribution in [0.2, 0.25) is 0 Å². The third-order valence-corrected chi connectivity index (χ3v) is 6.26. The Hall–Kier alpha value is -3.93. The quantitative estimate of drug-likeness (QED) is 0.354. The van der Waals surface area contributed by atoms with Crippen molar-refractivity contribution in [2.45, 2.75) is 45.9 Å². The first-order chi connectivity index (χ1) is 16.6. The van der Waals surface area contributed by atoms with E-state index in [-0.39, 0.29) is 11.9 Å². The molecule has 1 fully saturated rings. The van der Waals surface area contributed by atoms with Gasteiger partial charge < -0.3 is 14.2 Å². The van der Waals surface area contributed by atoms with Gasteiger partial charge in [0.25, 0.3) is 0 Å². The number of carbonyl (C=O) groups is 1. The molecule has 0 saturated carbocycles. The van der Waals surface area contributed by atoms with Crippen LogP contribution in [-0.4, -0.2) is 20.9 Å². The molecule has 1 aliphatic heterocycles. The smallest absolute Gasteiger partial charge is 0.249 e. The molecule has 1 saturated heterocycles. The van der Waals surface area contributed by atoms with E-state index in [1.807, 2.05) is 59.5 Å². The molecule has 1 atom stereocenters. The summed E-state index contributed by atoms with van der Waals surface area (Å²) in [4.78, 5) is 19.2. The number of carbonyl (C=O) groups excluding carboxylic acids is 1. The molecule has 2 heterocycles. The van der Waals surface area contributed by atoms with Gasteiger partial charge in [-0.1, -0.05) is 59.3 Å². The van der Waals surface area contributed by atoms with Gasteiger partial charge in [-0.2, -0.15) is 4.98 Å². The van der Waals surface area contributed by atoms with Gasteiger partial charge in [0.15, 0.2) is 0 Å². The number of ether oxygens (including phenoxy) is 1. The number of likely N-dealkylation sites (tertiary alicyclic amines) is 1. The highest BCUT2D eigenvalue weighted by Crippen LogP contribution is 2.35. The van der Waals surface area contributed by atoms with Gasteiger partial charge in [0, 0.05) is 18.5 Å². The van der Waals surface area contributed by atoms with Crippen LogP contribution in [0, 0.1) is 13.8 Å². The first-order valence-electron chi connectivity index (χ1n) is 11.5. The number of hydrogen-bond acceptors (Lipinski definition) is 5. The van der Waals surface area contributed by atoms with Gasteiger partial charge in [-0.05, 0) is 61.2 Å². The highest BCUT2D eigenvalue weighted by Gasteiger charge is 2.36. The predicted octanol–water partition coefficient (Wildman–Crippen LogP) is 5.80. The van der Waals surface area contributed by atoms with Crippen LogP contribution in [0.15, 0.2) is 77.3 Å². The molecule has 6 heteroatoms. The van der Waals surface area contributed by atoms with E-state index in [0.717, 1.165) is 22.4 Å². The van der Waals surface area contributed by atoms with E-state index in [4.69, 9.17) is 9.26 Å². The summed E-state index contributed by atoms with van der Waals surface area (Å²) in [6, 6.07) is 23.8. The Bertz CT molecular complexity index is 1280. The summed E-state index contributed by atoms with van der Waals surface area (Å²) in [6.45, 7) is 5.19. The lowest BCUT2D eigenvalue weighted by Crippen LogP contribution is -2.27. The molecule has 34 heavy (non-hydrogen) atoms. The molecular formula is C28H27N3O3. The Balaban J connectivity index is 1.29. The average Bonchev–Trinajstić information content (AvgIpc) is 3.48. The molecule has 3 aromatic carbocycles. The van der Waals surface area contributed by atoms with Crippen molar-refractivity contribution in [1.29, 1.82) is 0 Å². The number of amides is 1. The van der Waals surface area contributed by atoms with Crippen LogP contribution >= 0.6 is 0 Å². The monoisotopic (exact) mass is 453 g/mol. The van der Waals surface area contributed by atoms with Crippen molar-refractivity contribution < 1.29 is 14.1 Å². The van der Waals surface area contributed by atoms with E-state index in [0.29, 0.717) is 37.7 Å². The number of rotatable bonds is 7. The highest BCUT2D eigenvalue weighted by molar-refractivity contribution is 5.79. The minimum Gasteiger partial charge on any atom is -0.489 e. The van der Waals surface area contributed by atoms with Gasteiger partial charge in [-0.3, -0.25) is 4.79 Å². The Labute approximate surface area is 199 Å². The summed E-state index contributed by atoms with van der Waals surface area (Å²) in [5, 5.41) is 4.19. The zero-order chi connectivity index (χ0) is 23.5. The number of aryl methyl sites for hydroxylation is 2. The first-order valence-corrected chi connectivity index (χ1v) is 11.5. The fourth-order valence-corrected chi connectivity index (χ4v) is 4.27. The third-order valence-electron chi connectivity index (χ3n) is 6.26. The van der Waals surface area contributed by atoms with Crippen molar-refractivity contribution in [2.75, 3.05) is 0 Å². The number of aromatic nitrogens is 2. The largest absolute Gasteiger partial charge is 0.489 e. The Morgan fingerprint density at radius 1 is 1.03 bits per heavy atom. The summed E-state index contributed by atoms with van der Waals surface area (Å²) < 4.78 is 11.5. The van der Waals surface area contributed by atoms with E-state index in [2.05, 4.69) is 42.2 Å². The zero-order valence-corrected chi connectivity index (χ0v) is 19.4. The minimum absolute atomic E-state index is 0.116. The maximum atomic E-state index is 12.7. The van der Waals surface area contributed by atoms with Gasteiger partial charge in [0.2, 0.25) is 17.6 Å². The summed E-state index contributed by atoms with van der Waals surface area (Å²) in [5.41, 5.74) is 5.45. The lowest BCUT2D eigenvalue weighted by atomic mass is 10.0. The predicted molar refractivity (Wildman–Crippen MR) is 129 cm³/mol. The van der Waals surface area contributed by atoms with Crippen molar-refractivity contribution in [2.24, 2.45) is 0 Å². The summed E-state index contributed by atoms with van der Waals surface area (Å²) >= 11 is 0. The summed E-state index contributed by atoms with van der Waals surface area (Å²) in [5.74, 6) is 1.88. The fourth-order valence-electron chi connectivity index (χ4n) is 4.27. The molecule has 172 valence electrons. The molecule has 5 rings (SSSR count). The molecular weight excluding hydrogens is 426 g/mol. The molecule has 6 nitrogen and oxygen atoms in total. The van der Waals surface area contributed by atoms with Gasteiger partial charge in [0.05, 0.1) is 0 Å². The molecule has 0 aliphatic carbocycles. The second kappa shape index (κ2) is 9.51. The second-order valence-corrected chi connectivity index (χ2v) is 8.76. The molecule has 0 spiro atoms. The van der Waals surface area contributed by atoms with E-state index >= 15 is 0 Å². The van der Waals surface area contributed by atoms with Crippen LogP contribution in [-0.2, 0) is 17.9 Å². The van der Waals surface area contributed by atoms with E-state index in [1.54, 1.807) is 0 Å². The summed E-state index contributed by atoms with van der Waals surface area (Å²) in [7, 11) is 0. The van der Waals surface area contributed by atoms with Crippen LogP contribution in [0.3, 0.4) is 0 Å². The molecule has 1 unspecified atom stereocenters. The van der Waals surface area contributed by atoms with Crippen LogP contribution in [0.1, 0.15) is 47.0 Å². The molecule has 1 amide bonds. The lowest BCUT2D eigenvalue weighted by molar-refractivity contribution is -0.130. The van der Waals surface area contributed by atoms with Gasteiger partial charge in [0.1, 0.15) is 18.4 Å². The third kappa shape index (κ3) is 4.71. The highest BCUT2D eigenvalue weighted by atomic mass is 16.5. The molecule has 1 aromatic heterocycles. The van der Waals surface area contributed by atoms with Crippen LogP contribution in [0.5, 0.6) is 5.75 Å². The minimum atomic E-state index is -0.206. The maximum Gasteiger partial charge on any atom is 0.249 e. The van der Waals surface area contributed by atoms with Crippen molar-refractivity contribution in [3.05, 3.63) is 101 Å². The van der Waals surface area contributed by atoms with Crippen molar-refractivity contribution in [1.82, 2.24) is 15.0 Å². The van der Waals surface area contributed by atoms with Gasteiger partial charge in [-0.25, -0.2) is 0 Å². The second-order valence-electron chi connectivity index (χ2n) is 8.76. The van der Waals surface area contributed by atoms with Gasteiger partial charge in [-0.15, -0.1) is 0 Å². The summed E-state index contributed by atoms with van der Waals surface area (Å²) in [6.07, 6.45) is 1.16. The zero-order valence-electron chi connectivity index (χ0n) is 19.4. The SMILES string of the molecule is Cc1ccc(C)c(CN2C(=O)CCC2c2nc(-c3ccc(OCc4ccccc4)cc3)no2)c1. The fraction of sp³-hybridized carbons (Fsp3) is 0.250.